The van der Waals surface area contributed by atoms with Crippen molar-refractivity contribution in [3.8, 4) is 6.07 Å². The molecule has 31 heavy (non-hydrogen) atoms. The Morgan fingerprint density at radius 3 is 2.35 bits per heavy atom. The Kier molecular flexibility index (Phi) is 6.21. The van der Waals surface area contributed by atoms with Gasteiger partial charge in [-0.05, 0) is 37.5 Å². The highest BCUT2D eigenvalue weighted by Crippen LogP contribution is 2.22. The second-order valence-electron chi connectivity index (χ2n) is 8.05. The van der Waals surface area contributed by atoms with E-state index >= 15 is 0 Å². The van der Waals surface area contributed by atoms with Crippen molar-refractivity contribution in [3.63, 3.8) is 0 Å². The van der Waals surface area contributed by atoms with Crippen molar-refractivity contribution in [1.29, 1.82) is 10.7 Å². The van der Waals surface area contributed by atoms with Crippen molar-refractivity contribution < 1.29 is 4.79 Å². The molecule has 2 aromatic carbocycles. The van der Waals surface area contributed by atoms with Gasteiger partial charge in [0.1, 0.15) is 5.84 Å². The average molecular weight is 415 g/mol. The summed E-state index contributed by atoms with van der Waals surface area (Å²) >= 11 is 0. The summed E-state index contributed by atoms with van der Waals surface area (Å²) in [6.07, 6.45) is 1.75. The summed E-state index contributed by atoms with van der Waals surface area (Å²) in [7, 11) is 0. The number of hydrogen-bond acceptors (Lipinski definition) is 4. The van der Waals surface area contributed by atoms with E-state index in [1.165, 1.54) is 0 Å². The van der Waals surface area contributed by atoms with Crippen LogP contribution in [-0.4, -0.2) is 21.5 Å². The monoisotopic (exact) mass is 414 g/mol. The van der Waals surface area contributed by atoms with Gasteiger partial charge in [-0.1, -0.05) is 48.5 Å². The van der Waals surface area contributed by atoms with E-state index in [-0.39, 0.29) is 11.7 Å². The molecule has 3 aromatic rings. The molecule has 4 N–H and O–H groups in total. The molecule has 0 saturated carbocycles. The minimum atomic E-state index is -0.529. The fourth-order valence-electron chi connectivity index (χ4n) is 3.18. The van der Waals surface area contributed by atoms with Crippen LogP contribution in [0.3, 0.4) is 0 Å². The van der Waals surface area contributed by atoms with E-state index in [2.05, 4.69) is 16.5 Å². The molecule has 0 saturated heterocycles. The van der Waals surface area contributed by atoms with Gasteiger partial charge >= 0.3 is 0 Å². The Morgan fingerprint density at radius 2 is 1.77 bits per heavy atom. The largest absolute Gasteiger partial charge is 0.384 e. The van der Waals surface area contributed by atoms with Crippen LogP contribution < -0.4 is 11.1 Å². The van der Waals surface area contributed by atoms with Gasteiger partial charge in [-0.3, -0.25) is 14.9 Å². The molecule has 158 valence electrons. The van der Waals surface area contributed by atoms with Gasteiger partial charge in [0.05, 0.1) is 29.3 Å². The van der Waals surface area contributed by atoms with E-state index < -0.39 is 5.41 Å². The van der Waals surface area contributed by atoms with Crippen LogP contribution in [0.4, 0.5) is 0 Å². The third-order valence-electron chi connectivity index (χ3n) is 5.21. The first-order valence-corrected chi connectivity index (χ1v) is 9.96. The zero-order chi connectivity index (χ0) is 22.6. The maximum absolute atomic E-state index is 12.6. The number of nitrogen functional groups attached to an aromatic ring is 1. The Balaban J connectivity index is 1.64. The summed E-state index contributed by atoms with van der Waals surface area (Å²) in [4.78, 5) is 12.6. The summed E-state index contributed by atoms with van der Waals surface area (Å²) in [5, 5.41) is 24.1. The number of hydrogen-bond donors (Lipinski definition) is 3. The summed E-state index contributed by atoms with van der Waals surface area (Å²) in [5.74, 6) is -0.174. The lowest BCUT2D eigenvalue weighted by Gasteiger charge is -2.15. The lowest BCUT2D eigenvalue weighted by Crippen LogP contribution is -2.23. The minimum absolute atomic E-state index is 0.0158. The zero-order valence-corrected chi connectivity index (χ0v) is 17.9. The number of benzene rings is 2. The normalized spacial score (nSPS) is 11.0. The van der Waals surface area contributed by atoms with Gasteiger partial charge in [-0.25, -0.2) is 0 Å². The second kappa shape index (κ2) is 8.84. The predicted molar refractivity (Wildman–Crippen MR) is 120 cm³/mol. The number of carbonyl (C=O) groups is 1. The third-order valence-corrected chi connectivity index (χ3v) is 5.21. The molecule has 0 radical (unpaired) electrons. The Bertz CT molecular complexity index is 1130. The predicted octanol–water partition coefficient (Wildman–Crippen LogP) is 3.26. The first-order valence-electron chi connectivity index (χ1n) is 9.96. The highest BCUT2D eigenvalue weighted by molar-refractivity contribution is 5.95. The van der Waals surface area contributed by atoms with Crippen LogP contribution in [0.5, 0.6) is 0 Å². The quantitative estimate of drug-likeness (QED) is 0.406. The summed E-state index contributed by atoms with van der Waals surface area (Å²) in [6, 6.07) is 17.4. The van der Waals surface area contributed by atoms with Gasteiger partial charge in [-0.15, -0.1) is 0 Å². The van der Waals surface area contributed by atoms with Crippen LogP contribution in [0, 0.1) is 23.7 Å². The molecule has 0 bridgehead atoms. The van der Waals surface area contributed by atoms with E-state index in [4.69, 9.17) is 11.1 Å². The Labute approximate surface area is 182 Å². The standard InChI is InChI=1S/C24H26N6O/c1-16-21(23(31)28-12-17-4-8-19(9-5-17)22(26)27)14-30(29-16)13-18-6-10-20(11-7-18)24(2,3)15-25/h4-11,14H,12-13H2,1-3H3,(H3,26,27)(H,28,31). The Hall–Kier alpha value is -3.92. The summed E-state index contributed by atoms with van der Waals surface area (Å²) in [5.41, 5.74) is 9.69. The number of nitrogens with two attached hydrogens (primary N) is 1. The molecule has 1 aromatic heterocycles. The van der Waals surface area contributed by atoms with Gasteiger partial charge in [0.25, 0.3) is 5.91 Å². The van der Waals surface area contributed by atoms with Gasteiger partial charge in [0.15, 0.2) is 0 Å². The fraction of sp³-hybridized carbons (Fsp3) is 0.250. The maximum Gasteiger partial charge on any atom is 0.255 e. The van der Waals surface area contributed by atoms with Gasteiger partial charge in [-0.2, -0.15) is 10.4 Å². The number of nitriles is 1. The molecule has 1 amide bonds. The van der Waals surface area contributed by atoms with Crippen LogP contribution >= 0.6 is 0 Å². The fourth-order valence-corrected chi connectivity index (χ4v) is 3.18. The molecule has 0 aliphatic rings. The first kappa shape index (κ1) is 21.8. The van der Waals surface area contributed by atoms with Crippen LogP contribution in [0.2, 0.25) is 0 Å². The maximum atomic E-state index is 12.6. The highest BCUT2D eigenvalue weighted by atomic mass is 16.1. The molecule has 1 heterocycles. The van der Waals surface area contributed by atoms with Crippen LogP contribution in [-0.2, 0) is 18.5 Å². The number of rotatable bonds is 7. The molecule has 0 aliphatic carbocycles. The number of aromatic nitrogens is 2. The minimum Gasteiger partial charge on any atom is -0.384 e. The Morgan fingerprint density at radius 1 is 1.16 bits per heavy atom. The second-order valence-corrected chi connectivity index (χ2v) is 8.05. The van der Waals surface area contributed by atoms with E-state index in [0.717, 1.165) is 16.7 Å². The average Bonchev–Trinajstić information content (AvgIpc) is 3.12. The molecular formula is C24H26N6O. The van der Waals surface area contributed by atoms with Gasteiger partial charge in [0, 0.05) is 18.3 Å². The van der Waals surface area contributed by atoms with Crippen molar-refractivity contribution in [2.24, 2.45) is 5.73 Å². The lowest BCUT2D eigenvalue weighted by molar-refractivity contribution is 0.0950. The smallest absolute Gasteiger partial charge is 0.255 e. The van der Waals surface area contributed by atoms with E-state index in [9.17, 15) is 10.1 Å². The SMILES string of the molecule is Cc1nn(Cc2ccc(C(C)(C)C#N)cc2)cc1C(=O)NCc1ccc(C(=N)N)cc1. The van der Waals surface area contributed by atoms with Crippen molar-refractivity contribution in [2.75, 3.05) is 0 Å². The number of amidine groups is 1. The van der Waals surface area contributed by atoms with Crippen molar-refractivity contribution in [3.05, 3.63) is 88.2 Å². The molecule has 0 aliphatic heterocycles. The van der Waals surface area contributed by atoms with Gasteiger partial charge < -0.3 is 11.1 Å². The molecule has 7 nitrogen and oxygen atoms in total. The third kappa shape index (κ3) is 5.17. The topological polar surface area (TPSA) is 121 Å². The molecule has 0 spiro atoms. The van der Waals surface area contributed by atoms with E-state index in [1.54, 1.807) is 23.0 Å². The lowest BCUT2D eigenvalue weighted by atomic mass is 9.86. The van der Waals surface area contributed by atoms with Crippen molar-refractivity contribution >= 4 is 11.7 Å². The molecule has 7 heteroatoms. The molecule has 0 atom stereocenters. The number of amides is 1. The summed E-state index contributed by atoms with van der Waals surface area (Å²) in [6.45, 7) is 6.50. The molecule has 0 unspecified atom stereocenters. The van der Waals surface area contributed by atoms with E-state index in [1.807, 2.05) is 57.2 Å². The highest BCUT2D eigenvalue weighted by Gasteiger charge is 2.19. The van der Waals surface area contributed by atoms with Crippen molar-refractivity contribution in [1.82, 2.24) is 15.1 Å². The summed E-state index contributed by atoms with van der Waals surface area (Å²) < 4.78 is 1.75. The van der Waals surface area contributed by atoms with Crippen LogP contribution in [0.15, 0.2) is 54.7 Å². The zero-order valence-electron chi connectivity index (χ0n) is 17.9. The number of aryl methyl sites for hydroxylation is 1. The first-order chi connectivity index (χ1) is 14.7. The number of carbonyl (C=O) groups excluding carboxylic acids is 1. The van der Waals surface area contributed by atoms with Crippen LogP contribution in [0.25, 0.3) is 0 Å². The number of nitrogens with zero attached hydrogens (tertiary/aromatic N) is 3. The molecule has 0 fully saturated rings. The van der Waals surface area contributed by atoms with Crippen LogP contribution in [0.1, 0.15) is 52.2 Å². The van der Waals surface area contributed by atoms with Gasteiger partial charge in [0.2, 0.25) is 0 Å². The molecule has 3 rings (SSSR count). The molecular weight excluding hydrogens is 388 g/mol. The van der Waals surface area contributed by atoms with E-state index in [0.29, 0.717) is 29.9 Å². The number of nitrogens with one attached hydrogen (secondary N) is 2. The van der Waals surface area contributed by atoms with Crippen molar-refractivity contribution in [2.45, 2.75) is 39.3 Å².